The summed E-state index contributed by atoms with van der Waals surface area (Å²) in [7, 11) is 0. The fraction of sp³-hybridized carbons (Fsp3) is 0. The normalized spacial score (nSPS) is 10.2. The number of aromatic nitrogens is 4. The molecule has 4 rings (SSSR count). The molecule has 0 unspecified atom stereocenters. The zero-order chi connectivity index (χ0) is 15.4. The lowest BCUT2D eigenvalue weighted by Gasteiger charge is -1.95. The zero-order valence-electron chi connectivity index (χ0n) is 11.4. The maximum atomic E-state index is 11.1. The molecule has 0 radical (unpaired) electrons. The van der Waals surface area contributed by atoms with Gasteiger partial charge in [0.25, 0.3) is 5.56 Å². The van der Waals surface area contributed by atoms with Gasteiger partial charge in [0.2, 0.25) is 0 Å². The molecule has 0 aliphatic rings. The molecule has 0 spiro atoms. The second-order valence-electron chi connectivity index (χ2n) is 4.47. The highest BCUT2D eigenvalue weighted by Gasteiger charge is 1.96. The molecule has 0 saturated heterocycles. The van der Waals surface area contributed by atoms with Crippen LogP contribution in [0, 0.1) is 0 Å². The summed E-state index contributed by atoms with van der Waals surface area (Å²) in [5, 5.41) is 4.06. The van der Waals surface area contributed by atoms with E-state index in [1.54, 1.807) is 43.2 Å². The Labute approximate surface area is 130 Å². The summed E-state index contributed by atoms with van der Waals surface area (Å²) >= 11 is 5.82. The van der Waals surface area contributed by atoms with E-state index in [1.807, 2.05) is 18.2 Å². The number of nitrogens with one attached hydrogen (secondary N) is 1. The van der Waals surface area contributed by atoms with Crippen LogP contribution in [0.4, 0.5) is 0 Å². The summed E-state index contributed by atoms with van der Waals surface area (Å²) in [6.45, 7) is 0. The maximum absolute atomic E-state index is 11.1. The highest BCUT2D eigenvalue weighted by Crippen LogP contribution is 2.18. The minimum absolute atomic E-state index is 0.0649. The molecule has 4 aromatic rings. The molecule has 0 bridgehead atoms. The van der Waals surface area contributed by atoms with Crippen molar-refractivity contribution in [1.29, 1.82) is 0 Å². The molecule has 108 valence electrons. The minimum Gasteiger partial charge on any atom is -0.329 e. The smallest absolute Gasteiger partial charge is 0.255 e. The van der Waals surface area contributed by atoms with E-state index >= 15 is 0 Å². The molecule has 4 heterocycles. The number of halogens is 1. The highest BCUT2D eigenvalue weighted by molar-refractivity contribution is 6.34. The summed E-state index contributed by atoms with van der Waals surface area (Å²) in [4.78, 5) is 25.5. The second kappa shape index (κ2) is 6.32. The van der Waals surface area contributed by atoms with Crippen molar-refractivity contribution in [2.75, 3.05) is 0 Å². The maximum Gasteiger partial charge on any atom is 0.255 e. The Balaban J connectivity index is 0.000000131. The molecule has 0 amide bonds. The van der Waals surface area contributed by atoms with Crippen molar-refractivity contribution in [2.24, 2.45) is 0 Å². The van der Waals surface area contributed by atoms with Gasteiger partial charge in [0, 0.05) is 53.3 Å². The number of aromatic amines is 1. The van der Waals surface area contributed by atoms with Crippen molar-refractivity contribution >= 4 is 33.1 Å². The fourth-order valence-corrected chi connectivity index (χ4v) is 2.24. The molecule has 0 atom stereocenters. The third-order valence-corrected chi connectivity index (χ3v) is 3.39. The standard InChI is InChI=1S/C8H5ClN2.C8H6N2O/c9-8-7-2-3-10-5-6(7)1-4-11-8;11-8-7-2-3-9-5-6(7)1-4-10-8/h1-5H;1-5H,(H,10,11). The van der Waals surface area contributed by atoms with Crippen molar-refractivity contribution in [1.82, 2.24) is 19.9 Å². The second-order valence-corrected chi connectivity index (χ2v) is 4.83. The van der Waals surface area contributed by atoms with Gasteiger partial charge in [0.15, 0.2) is 0 Å². The van der Waals surface area contributed by atoms with E-state index in [1.165, 1.54) is 0 Å². The van der Waals surface area contributed by atoms with Crippen molar-refractivity contribution in [2.45, 2.75) is 0 Å². The van der Waals surface area contributed by atoms with Gasteiger partial charge in [0.05, 0.1) is 5.39 Å². The number of nitrogens with zero attached hydrogens (tertiary/aromatic N) is 3. The first kappa shape index (κ1) is 14.2. The fourth-order valence-electron chi connectivity index (χ4n) is 2.01. The van der Waals surface area contributed by atoms with Gasteiger partial charge < -0.3 is 4.98 Å². The SMILES string of the molecule is Clc1nccc2cnccc12.O=c1[nH]ccc2cnccc12. The molecule has 0 aromatic carbocycles. The molecule has 5 nitrogen and oxygen atoms in total. The monoisotopic (exact) mass is 310 g/mol. The molecule has 0 aliphatic carbocycles. The van der Waals surface area contributed by atoms with Gasteiger partial charge in [-0.15, -0.1) is 0 Å². The van der Waals surface area contributed by atoms with E-state index in [4.69, 9.17) is 11.6 Å². The van der Waals surface area contributed by atoms with Crippen LogP contribution in [0.15, 0.2) is 66.2 Å². The van der Waals surface area contributed by atoms with E-state index < -0.39 is 0 Å². The van der Waals surface area contributed by atoms with Crippen molar-refractivity contribution < 1.29 is 0 Å². The lowest BCUT2D eigenvalue weighted by molar-refractivity contribution is 1.26. The Morgan fingerprint density at radius 3 is 2.23 bits per heavy atom. The Hall–Kier alpha value is -2.79. The van der Waals surface area contributed by atoms with Gasteiger partial charge in [-0.25, -0.2) is 4.98 Å². The van der Waals surface area contributed by atoms with Gasteiger partial charge in [-0.3, -0.25) is 14.8 Å². The van der Waals surface area contributed by atoms with Crippen LogP contribution in [0.25, 0.3) is 21.5 Å². The first-order chi connectivity index (χ1) is 10.8. The molecule has 0 fully saturated rings. The van der Waals surface area contributed by atoms with Gasteiger partial charge in [-0.2, -0.15) is 0 Å². The lowest BCUT2D eigenvalue weighted by atomic mass is 10.2. The summed E-state index contributed by atoms with van der Waals surface area (Å²) in [6.07, 6.45) is 10.0. The number of rotatable bonds is 0. The van der Waals surface area contributed by atoms with Crippen LogP contribution < -0.4 is 5.56 Å². The molecule has 1 N–H and O–H groups in total. The molecule has 0 saturated carbocycles. The van der Waals surface area contributed by atoms with Crippen LogP contribution in [0.3, 0.4) is 0 Å². The largest absolute Gasteiger partial charge is 0.329 e. The number of hydrogen-bond acceptors (Lipinski definition) is 4. The lowest BCUT2D eigenvalue weighted by Crippen LogP contribution is -2.03. The molecular weight excluding hydrogens is 300 g/mol. The van der Waals surface area contributed by atoms with Gasteiger partial charge in [-0.05, 0) is 24.3 Å². The van der Waals surface area contributed by atoms with Crippen LogP contribution in [-0.4, -0.2) is 19.9 Å². The molecule has 6 heteroatoms. The number of pyridine rings is 4. The predicted octanol–water partition coefficient (Wildman–Crippen LogP) is 3.21. The van der Waals surface area contributed by atoms with E-state index in [-0.39, 0.29) is 5.56 Å². The van der Waals surface area contributed by atoms with Crippen LogP contribution in [0.2, 0.25) is 5.15 Å². The number of hydrogen-bond donors (Lipinski definition) is 1. The van der Waals surface area contributed by atoms with Crippen LogP contribution >= 0.6 is 11.6 Å². The van der Waals surface area contributed by atoms with E-state index in [0.717, 1.165) is 16.2 Å². The Morgan fingerprint density at radius 2 is 1.55 bits per heavy atom. The first-order valence-electron chi connectivity index (χ1n) is 6.51. The molecule has 4 aromatic heterocycles. The predicted molar refractivity (Wildman–Crippen MR) is 86.9 cm³/mol. The van der Waals surface area contributed by atoms with Crippen LogP contribution in [0.5, 0.6) is 0 Å². The summed E-state index contributed by atoms with van der Waals surface area (Å²) < 4.78 is 0. The molecule has 22 heavy (non-hydrogen) atoms. The summed E-state index contributed by atoms with van der Waals surface area (Å²) in [5.74, 6) is 0. The van der Waals surface area contributed by atoms with E-state index in [2.05, 4.69) is 19.9 Å². The van der Waals surface area contributed by atoms with Crippen LogP contribution in [0.1, 0.15) is 0 Å². The average Bonchev–Trinajstić information content (AvgIpc) is 2.57. The molecular formula is C16H11ClN4O. The third kappa shape index (κ3) is 2.94. The summed E-state index contributed by atoms with van der Waals surface area (Å²) in [5.41, 5.74) is -0.0649. The van der Waals surface area contributed by atoms with E-state index in [9.17, 15) is 4.79 Å². The number of H-pyrrole nitrogens is 1. The quantitative estimate of drug-likeness (QED) is 0.506. The zero-order valence-corrected chi connectivity index (χ0v) is 12.2. The third-order valence-electron chi connectivity index (χ3n) is 3.09. The summed E-state index contributed by atoms with van der Waals surface area (Å²) in [6, 6.07) is 7.26. The van der Waals surface area contributed by atoms with E-state index in [0.29, 0.717) is 10.5 Å². The van der Waals surface area contributed by atoms with Crippen molar-refractivity contribution in [3.63, 3.8) is 0 Å². The van der Waals surface area contributed by atoms with Crippen LogP contribution in [-0.2, 0) is 0 Å². The number of fused-ring (bicyclic) bond motifs is 2. The highest BCUT2D eigenvalue weighted by atomic mass is 35.5. The van der Waals surface area contributed by atoms with Crippen molar-refractivity contribution in [3.05, 3.63) is 77.0 Å². The van der Waals surface area contributed by atoms with Gasteiger partial charge >= 0.3 is 0 Å². The minimum atomic E-state index is -0.0649. The topological polar surface area (TPSA) is 71.5 Å². The van der Waals surface area contributed by atoms with Crippen molar-refractivity contribution in [3.8, 4) is 0 Å². The average molecular weight is 311 g/mol. The van der Waals surface area contributed by atoms with Gasteiger partial charge in [0.1, 0.15) is 5.15 Å². The first-order valence-corrected chi connectivity index (χ1v) is 6.89. The Morgan fingerprint density at radius 1 is 0.864 bits per heavy atom. The molecule has 0 aliphatic heterocycles. The van der Waals surface area contributed by atoms with Gasteiger partial charge in [-0.1, -0.05) is 11.6 Å². The Bertz CT molecular complexity index is 973. The Kier molecular flexibility index (Phi) is 4.07.